The van der Waals surface area contributed by atoms with Gasteiger partial charge in [0.25, 0.3) is 0 Å². The van der Waals surface area contributed by atoms with Gasteiger partial charge < -0.3 is 14.9 Å². The number of carboxylic acids is 2. The molecule has 2 N–H and O–H groups in total. The second kappa shape index (κ2) is 9.97. The van der Waals surface area contributed by atoms with Crippen molar-refractivity contribution in [1.29, 1.82) is 0 Å². The normalized spacial score (nSPS) is 12.5. The lowest BCUT2D eigenvalue weighted by Crippen LogP contribution is -2.55. The molecule has 0 aromatic carbocycles. The highest BCUT2D eigenvalue weighted by Crippen LogP contribution is 2.29. The average Bonchev–Trinajstić information content (AvgIpc) is 2.46. The number of hydrogen-bond acceptors (Lipinski definition) is 4. The van der Waals surface area contributed by atoms with Crippen LogP contribution >= 0.6 is 0 Å². The summed E-state index contributed by atoms with van der Waals surface area (Å²) in [5, 5.41) is 18.6. The summed E-state index contributed by atoms with van der Waals surface area (Å²) < 4.78 is 4.71. The molecule has 126 valence electrons. The van der Waals surface area contributed by atoms with Gasteiger partial charge >= 0.3 is 23.5 Å². The van der Waals surface area contributed by atoms with Gasteiger partial charge in [-0.05, 0) is 6.42 Å². The Balaban J connectivity index is 4.79. The predicted octanol–water partition coefficient (Wildman–Crippen LogP) is 3.01. The molecular weight excluding hydrogens is 288 g/mol. The van der Waals surface area contributed by atoms with Crippen molar-refractivity contribution in [1.82, 2.24) is 0 Å². The summed E-state index contributed by atoms with van der Waals surface area (Å²) >= 11 is 0. The van der Waals surface area contributed by atoms with Crippen molar-refractivity contribution in [3.8, 4) is 0 Å². The molecule has 0 aliphatic carbocycles. The Hall–Kier alpha value is -1.85. The Kier molecular flexibility index (Phi) is 9.13. The van der Waals surface area contributed by atoms with Crippen molar-refractivity contribution in [2.24, 2.45) is 5.92 Å². The van der Waals surface area contributed by atoms with Crippen molar-refractivity contribution in [2.75, 3.05) is 0 Å². The van der Waals surface area contributed by atoms with Gasteiger partial charge in [-0.25, -0.2) is 14.4 Å². The molecule has 0 aliphatic rings. The van der Waals surface area contributed by atoms with E-state index >= 15 is 0 Å². The number of esters is 1. The molecule has 0 amide bonds. The molecule has 0 saturated heterocycles. The molecule has 0 aromatic rings. The molecule has 0 fully saturated rings. The van der Waals surface area contributed by atoms with Crippen molar-refractivity contribution >= 4 is 17.9 Å². The molecule has 0 spiro atoms. The summed E-state index contributed by atoms with van der Waals surface area (Å²) in [6, 6.07) is 0. The first-order valence-electron chi connectivity index (χ1n) is 7.65. The summed E-state index contributed by atoms with van der Waals surface area (Å²) in [6.07, 6.45) is 7.14. The van der Waals surface area contributed by atoms with Crippen molar-refractivity contribution < 1.29 is 29.3 Å². The standard InChI is InChI=1S/C16H26O6/c1-4-6-7-8-9-10-11-12(3)16(14(18)19,15(20)21)22-13(17)5-2/h5,12H,2,4,6-11H2,1,3H3,(H,18,19)(H,20,21). The number of aliphatic carboxylic acids is 2. The van der Waals surface area contributed by atoms with Gasteiger partial charge in [-0.15, -0.1) is 0 Å². The summed E-state index contributed by atoms with van der Waals surface area (Å²) in [5.41, 5.74) is -2.56. The van der Waals surface area contributed by atoms with Crippen LogP contribution in [0, 0.1) is 5.92 Å². The van der Waals surface area contributed by atoms with E-state index < -0.39 is 29.4 Å². The third-order valence-electron chi connectivity index (χ3n) is 3.75. The summed E-state index contributed by atoms with van der Waals surface area (Å²) in [4.78, 5) is 34.2. The Labute approximate surface area is 131 Å². The monoisotopic (exact) mass is 314 g/mol. The fourth-order valence-corrected chi connectivity index (χ4v) is 2.34. The van der Waals surface area contributed by atoms with Crippen LogP contribution in [0.4, 0.5) is 0 Å². The second-order valence-electron chi connectivity index (χ2n) is 5.43. The maximum atomic E-state index is 11.4. The zero-order valence-corrected chi connectivity index (χ0v) is 13.3. The number of carboxylic acid groups (broad SMARTS) is 2. The molecule has 1 unspecified atom stereocenters. The first-order valence-corrected chi connectivity index (χ1v) is 7.65. The Bertz CT molecular complexity index is 387. The molecule has 0 aliphatic heterocycles. The Morgan fingerprint density at radius 3 is 2.05 bits per heavy atom. The van der Waals surface area contributed by atoms with E-state index in [0.717, 1.165) is 38.2 Å². The summed E-state index contributed by atoms with van der Waals surface area (Å²) in [7, 11) is 0. The number of carbonyl (C=O) groups excluding carboxylic acids is 1. The molecule has 6 nitrogen and oxygen atoms in total. The fraction of sp³-hybridized carbons (Fsp3) is 0.688. The molecule has 6 heteroatoms. The van der Waals surface area contributed by atoms with E-state index in [1.807, 2.05) is 0 Å². The largest absolute Gasteiger partial charge is 0.478 e. The van der Waals surface area contributed by atoms with Crippen LogP contribution < -0.4 is 0 Å². The van der Waals surface area contributed by atoms with Gasteiger partial charge in [0.2, 0.25) is 0 Å². The zero-order chi connectivity index (χ0) is 17.2. The van der Waals surface area contributed by atoms with Crippen LogP contribution in [0.15, 0.2) is 12.7 Å². The first kappa shape index (κ1) is 20.1. The third-order valence-corrected chi connectivity index (χ3v) is 3.75. The highest BCUT2D eigenvalue weighted by atomic mass is 16.6. The van der Waals surface area contributed by atoms with Gasteiger partial charge in [-0.1, -0.05) is 59.0 Å². The number of ether oxygens (including phenoxy) is 1. The lowest BCUT2D eigenvalue weighted by atomic mass is 9.84. The molecule has 0 radical (unpaired) electrons. The average molecular weight is 314 g/mol. The van der Waals surface area contributed by atoms with Gasteiger partial charge in [0.15, 0.2) is 0 Å². The number of carbonyl (C=O) groups is 3. The highest BCUT2D eigenvalue weighted by Gasteiger charge is 2.54. The second-order valence-corrected chi connectivity index (χ2v) is 5.43. The van der Waals surface area contributed by atoms with E-state index in [2.05, 4.69) is 13.5 Å². The molecule has 0 saturated carbocycles. The van der Waals surface area contributed by atoms with E-state index in [4.69, 9.17) is 4.74 Å². The van der Waals surface area contributed by atoms with E-state index in [-0.39, 0.29) is 0 Å². The van der Waals surface area contributed by atoms with E-state index in [1.54, 1.807) is 0 Å². The minimum absolute atomic E-state index is 0.356. The van der Waals surface area contributed by atoms with E-state index in [0.29, 0.717) is 12.8 Å². The minimum Gasteiger partial charge on any atom is -0.478 e. The maximum Gasteiger partial charge on any atom is 0.360 e. The van der Waals surface area contributed by atoms with Crippen LogP contribution in [0.25, 0.3) is 0 Å². The SMILES string of the molecule is C=CC(=O)OC(C(=O)O)(C(=O)O)C(C)CCCCCCCC. The quantitative estimate of drug-likeness (QED) is 0.248. The van der Waals surface area contributed by atoms with Crippen LogP contribution in [0.5, 0.6) is 0 Å². The molecule has 22 heavy (non-hydrogen) atoms. The van der Waals surface area contributed by atoms with Gasteiger partial charge in [0, 0.05) is 12.0 Å². The van der Waals surface area contributed by atoms with E-state index in [1.165, 1.54) is 6.92 Å². The predicted molar refractivity (Wildman–Crippen MR) is 81.4 cm³/mol. The van der Waals surface area contributed by atoms with E-state index in [9.17, 15) is 24.6 Å². The van der Waals surface area contributed by atoms with Crippen LogP contribution in [0.1, 0.15) is 58.8 Å². The smallest absolute Gasteiger partial charge is 0.360 e. The van der Waals surface area contributed by atoms with Crippen molar-refractivity contribution in [3.63, 3.8) is 0 Å². The third kappa shape index (κ3) is 5.50. The molecule has 1 atom stereocenters. The van der Waals surface area contributed by atoms with Crippen LogP contribution in [-0.4, -0.2) is 33.7 Å². The molecule has 0 heterocycles. The summed E-state index contributed by atoms with van der Waals surface area (Å²) in [6.45, 7) is 6.76. The van der Waals surface area contributed by atoms with Gasteiger partial charge in [-0.3, -0.25) is 0 Å². The lowest BCUT2D eigenvalue weighted by Gasteiger charge is -2.30. The minimum atomic E-state index is -2.56. The van der Waals surface area contributed by atoms with Crippen molar-refractivity contribution in [2.45, 2.75) is 64.4 Å². The number of rotatable bonds is 12. The fourth-order valence-electron chi connectivity index (χ4n) is 2.34. The molecule has 0 aromatic heterocycles. The van der Waals surface area contributed by atoms with Gasteiger partial charge in [0.1, 0.15) is 0 Å². The van der Waals surface area contributed by atoms with Gasteiger partial charge in [0.05, 0.1) is 0 Å². The molecule has 0 rings (SSSR count). The van der Waals surface area contributed by atoms with Crippen LogP contribution in [0.2, 0.25) is 0 Å². The number of hydrogen-bond donors (Lipinski definition) is 2. The van der Waals surface area contributed by atoms with Crippen molar-refractivity contribution in [3.05, 3.63) is 12.7 Å². The summed E-state index contributed by atoms with van der Waals surface area (Å²) in [5.74, 6) is -5.24. The van der Waals surface area contributed by atoms with Crippen LogP contribution in [-0.2, 0) is 19.1 Å². The number of unbranched alkanes of at least 4 members (excludes halogenated alkanes) is 5. The Morgan fingerprint density at radius 1 is 1.09 bits per heavy atom. The highest BCUT2D eigenvalue weighted by molar-refractivity contribution is 6.04. The van der Waals surface area contributed by atoms with Crippen LogP contribution in [0.3, 0.4) is 0 Å². The topological polar surface area (TPSA) is 101 Å². The molecular formula is C16H26O6. The lowest BCUT2D eigenvalue weighted by molar-refractivity contribution is -0.195. The maximum absolute atomic E-state index is 11.4. The van der Waals surface area contributed by atoms with Gasteiger partial charge in [-0.2, -0.15) is 0 Å². The zero-order valence-electron chi connectivity index (χ0n) is 13.3. The molecule has 0 bridgehead atoms. The first-order chi connectivity index (χ1) is 10.3. The Morgan fingerprint density at radius 2 is 1.59 bits per heavy atom.